The summed E-state index contributed by atoms with van der Waals surface area (Å²) in [6.45, 7) is 1.61. The SMILES string of the molecule is Cc1ccccc1CSCCNC(=O)CN(c1cc(C(F)(F)F)ccc1Cl)S(C)(=O)=O. The second-order valence-corrected chi connectivity index (χ2v) is 10.2. The Hall–Kier alpha value is -1.91. The Morgan fingerprint density at radius 1 is 1.19 bits per heavy atom. The molecule has 1 N–H and O–H groups in total. The fourth-order valence-electron chi connectivity index (χ4n) is 2.66. The number of sulfonamides is 1. The highest BCUT2D eigenvalue weighted by molar-refractivity contribution is 7.98. The molecule has 2 rings (SSSR count). The van der Waals surface area contributed by atoms with Crippen LogP contribution < -0.4 is 9.62 Å². The van der Waals surface area contributed by atoms with Gasteiger partial charge < -0.3 is 5.32 Å². The summed E-state index contributed by atoms with van der Waals surface area (Å²) < 4.78 is 63.9. The molecule has 0 aliphatic rings. The third-order valence-electron chi connectivity index (χ3n) is 4.32. The van der Waals surface area contributed by atoms with Crippen LogP contribution in [-0.4, -0.2) is 39.4 Å². The minimum absolute atomic E-state index is 0.208. The van der Waals surface area contributed by atoms with Crippen LogP contribution in [0.15, 0.2) is 42.5 Å². The quantitative estimate of drug-likeness (QED) is 0.522. The van der Waals surface area contributed by atoms with E-state index in [1.54, 1.807) is 11.8 Å². The van der Waals surface area contributed by atoms with Gasteiger partial charge in [0.1, 0.15) is 6.54 Å². The summed E-state index contributed by atoms with van der Waals surface area (Å²) in [5.74, 6) is 0.705. The van der Waals surface area contributed by atoms with Crippen LogP contribution in [0.5, 0.6) is 0 Å². The van der Waals surface area contributed by atoms with Crippen molar-refractivity contribution >= 4 is 45.0 Å². The highest BCUT2D eigenvalue weighted by Gasteiger charge is 2.33. The van der Waals surface area contributed by atoms with Crippen LogP contribution in [0, 0.1) is 6.92 Å². The monoisotopic (exact) mass is 494 g/mol. The van der Waals surface area contributed by atoms with Crippen molar-refractivity contribution in [1.29, 1.82) is 0 Å². The molecular weight excluding hydrogens is 473 g/mol. The van der Waals surface area contributed by atoms with Crippen LogP contribution in [0.3, 0.4) is 0 Å². The van der Waals surface area contributed by atoms with Crippen LogP contribution in [-0.2, 0) is 26.7 Å². The van der Waals surface area contributed by atoms with Crippen LogP contribution in [0.2, 0.25) is 5.02 Å². The molecule has 31 heavy (non-hydrogen) atoms. The summed E-state index contributed by atoms with van der Waals surface area (Å²) in [4.78, 5) is 12.3. The number of hydrogen-bond acceptors (Lipinski definition) is 4. The molecule has 0 saturated carbocycles. The molecule has 0 heterocycles. The molecule has 0 bridgehead atoms. The van der Waals surface area contributed by atoms with E-state index in [4.69, 9.17) is 11.6 Å². The van der Waals surface area contributed by atoms with Crippen molar-refractivity contribution in [2.45, 2.75) is 18.9 Å². The van der Waals surface area contributed by atoms with Gasteiger partial charge in [0.05, 0.1) is 22.5 Å². The maximum absolute atomic E-state index is 13.0. The molecule has 1 amide bonds. The number of amides is 1. The number of carbonyl (C=O) groups excluding carboxylic acids is 1. The number of thioether (sulfide) groups is 1. The first-order valence-electron chi connectivity index (χ1n) is 9.13. The second-order valence-electron chi connectivity index (χ2n) is 6.76. The smallest absolute Gasteiger partial charge is 0.354 e. The van der Waals surface area contributed by atoms with Crippen LogP contribution in [0.1, 0.15) is 16.7 Å². The zero-order valence-corrected chi connectivity index (χ0v) is 19.3. The number of benzene rings is 2. The minimum atomic E-state index is -4.68. The third kappa shape index (κ3) is 7.62. The molecule has 2 aromatic rings. The van der Waals surface area contributed by atoms with E-state index in [2.05, 4.69) is 5.32 Å². The average molecular weight is 495 g/mol. The summed E-state index contributed by atoms with van der Waals surface area (Å²) in [6, 6.07) is 10.3. The maximum atomic E-state index is 13.0. The first kappa shape index (κ1) is 25.4. The maximum Gasteiger partial charge on any atom is 0.416 e. The van der Waals surface area contributed by atoms with Crippen molar-refractivity contribution < 1.29 is 26.4 Å². The molecule has 0 unspecified atom stereocenters. The number of alkyl halides is 3. The van der Waals surface area contributed by atoms with Gasteiger partial charge in [0.25, 0.3) is 0 Å². The lowest BCUT2D eigenvalue weighted by Gasteiger charge is -2.24. The standard InChI is InChI=1S/C20H22ClF3N2O3S2/c1-14-5-3-4-6-15(14)13-30-10-9-25-19(27)12-26(31(2,28)29)18-11-16(20(22,23)24)7-8-17(18)21/h3-8,11H,9-10,12-13H2,1-2H3,(H,25,27). The summed E-state index contributed by atoms with van der Waals surface area (Å²) in [6.07, 6.45) is -3.88. The molecular formula is C20H22ClF3N2O3S2. The van der Waals surface area contributed by atoms with E-state index in [9.17, 15) is 26.4 Å². The predicted molar refractivity (Wildman–Crippen MR) is 119 cm³/mol. The first-order chi connectivity index (χ1) is 14.4. The van der Waals surface area contributed by atoms with Gasteiger partial charge in [0.15, 0.2) is 0 Å². The van der Waals surface area contributed by atoms with E-state index >= 15 is 0 Å². The molecule has 11 heteroatoms. The average Bonchev–Trinajstić information content (AvgIpc) is 2.66. The Morgan fingerprint density at radius 2 is 1.87 bits per heavy atom. The van der Waals surface area contributed by atoms with Crippen molar-refractivity contribution in [2.75, 3.05) is 29.4 Å². The van der Waals surface area contributed by atoms with E-state index < -0.39 is 39.9 Å². The van der Waals surface area contributed by atoms with Crippen LogP contribution >= 0.6 is 23.4 Å². The lowest BCUT2D eigenvalue weighted by atomic mass is 10.1. The molecule has 5 nitrogen and oxygen atoms in total. The third-order valence-corrected chi connectivity index (χ3v) is 6.77. The van der Waals surface area contributed by atoms with Gasteiger partial charge in [0.2, 0.25) is 15.9 Å². The van der Waals surface area contributed by atoms with Crippen LogP contribution in [0.25, 0.3) is 0 Å². The minimum Gasteiger partial charge on any atom is -0.354 e. The van der Waals surface area contributed by atoms with Crippen molar-refractivity contribution in [3.8, 4) is 0 Å². The topological polar surface area (TPSA) is 66.5 Å². The van der Waals surface area contributed by atoms with Crippen molar-refractivity contribution in [1.82, 2.24) is 5.32 Å². The highest BCUT2D eigenvalue weighted by Crippen LogP contribution is 2.36. The van der Waals surface area contributed by atoms with E-state index in [1.165, 1.54) is 11.1 Å². The Kier molecular flexibility index (Phi) is 8.67. The summed E-state index contributed by atoms with van der Waals surface area (Å²) in [5.41, 5.74) is 0.888. The normalized spacial score (nSPS) is 11.9. The number of rotatable bonds is 9. The summed E-state index contributed by atoms with van der Waals surface area (Å²) in [7, 11) is -4.06. The number of aryl methyl sites for hydroxylation is 1. The van der Waals surface area contributed by atoms with Gasteiger partial charge in [-0.05, 0) is 36.2 Å². The largest absolute Gasteiger partial charge is 0.416 e. The molecule has 0 aliphatic heterocycles. The summed E-state index contributed by atoms with van der Waals surface area (Å²) >= 11 is 7.54. The lowest BCUT2D eigenvalue weighted by Crippen LogP contribution is -2.41. The number of halogens is 4. The van der Waals surface area contributed by atoms with Gasteiger partial charge in [-0.2, -0.15) is 24.9 Å². The van der Waals surface area contributed by atoms with E-state index in [-0.39, 0.29) is 11.6 Å². The van der Waals surface area contributed by atoms with E-state index in [0.717, 1.165) is 24.1 Å². The Bertz CT molecular complexity index is 1030. The number of hydrogen-bond donors (Lipinski definition) is 1. The zero-order chi connectivity index (χ0) is 23.2. The van der Waals surface area contributed by atoms with Gasteiger partial charge in [-0.25, -0.2) is 8.42 Å². The van der Waals surface area contributed by atoms with Crippen molar-refractivity contribution in [3.05, 3.63) is 64.2 Å². The molecule has 0 radical (unpaired) electrons. The van der Waals surface area contributed by atoms with Gasteiger partial charge >= 0.3 is 6.18 Å². The molecule has 0 aliphatic carbocycles. The molecule has 2 aromatic carbocycles. The number of anilines is 1. The fraction of sp³-hybridized carbons (Fsp3) is 0.350. The Labute approximate surface area is 189 Å². The van der Waals surface area contributed by atoms with Crippen LogP contribution in [0.4, 0.5) is 18.9 Å². The van der Waals surface area contributed by atoms with Gasteiger partial charge in [-0.1, -0.05) is 35.9 Å². The molecule has 0 saturated heterocycles. The fourth-order valence-corrected chi connectivity index (χ4v) is 4.73. The van der Waals surface area contributed by atoms with Gasteiger partial charge in [-0.3, -0.25) is 9.10 Å². The molecule has 0 spiro atoms. The molecule has 0 atom stereocenters. The first-order valence-corrected chi connectivity index (χ1v) is 12.5. The van der Waals surface area contributed by atoms with E-state index in [0.29, 0.717) is 16.1 Å². The number of nitrogens with one attached hydrogen (secondary N) is 1. The molecule has 170 valence electrons. The Balaban J connectivity index is 1.99. The molecule has 0 aromatic heterocycles. The number of nitrogens with zero attached hydrogens (tertiary/aromatic N) is 1. The zero-order valence-electron chi connectivity index (χ0n) is 16.9. The molecule has 0 fully saturated rings. The second kappa shape index (κ2) is 10.6. The Morgan fingerprint density at radius 3 is 2.48 bits per heavy atom. The predicted octanol–water partition coefficient (Wildman–Crippen LogP) is 4.48. The highest BCUT2D eigenvalue weighted by atomic mass is 35.5. The van der Waals surface area contributed by atoms with Gasteiger partial charge in [0, 0.05) is 18.1 Å². The van der Waals surface area contributed by atoms with Crippen molar-refractivity contribution in [3.63, 3.8) is 0 Å². The van der Waals surface area contributed by atoms with Gasteiger partial charge in [-0.15, -0.1) is 0 Å². The van der Waals surface area contributed by atoms with E-state index in [1.807, 2.05) is 31.2 Å². The lowest BCUT2D eigenvalue weighted by molar-refractivity contribution is -0.137. The van der Waals surface area contributed by atoms with Crippen molar-refractivity contribution in [2.24, 2.45) is 0 Å². The summed E-state index contributed by atoms with van der Waals surface area (Å²) in [5, 5.41) is 2.38. The number of carbonyl (C=O) groups is 1.